The van der Waals surface area contributed by atoms with Gasteiger partial charge in [0.2, 0.25) is 10.0 Å². The van der Waals surface area contributed by atoms with Crippen molar-refractivity contribution in [3.8, 4) is 11.5 Å². The zero-order chi connectivity index (χ0) is 23.2. The van der Waals surface area contributed by atoms with Crippen LogP contribution in [0.25, 0.3) is 0 Å². The molecule has 0 aliphatic heterocycles. The minimum atomic E-state index is -3.34. The third kappa shape index (κ3) is 6.37. The number of anilines is 1. The Labute approximate surface area is 185 Å². The Balaban J connectivity index is 2.09. The lowest BCUT2D eigenvalue weighted by Crippen LogP contribution is -2.40. The van der Waals surface area contributed by atoms with Crippen LogP contribution in [0.5, 0.6) is 11.5 Å². The fourth-order valence-electron chi connectivity index (χ4n) is 3.22. The van der Waals surface area contributed by atoms with Crippen molar-refractivity contribution in [3.63, 3.8) is 0 Å². The summed E-state index contributed by atoms with van der Waals surface area (Å²) in [6, 6.07) is 12.4. The Kier molecular flexibility index (Phi) is 8.33. The van der Waals surface area contributed by atoms with Crippen LogP contribution in [0.4, 0.5) is 5.69 Å². The molecule has 2 aromatic rings. The molecule has 0 radical (unpaired) electrons. The molecule has 1 N–H and O–H groups in total. The summed E-state index contributed by atoms with van der Waals surface area (Å²) in [5, 5.41) is 3.08. The maximum Gasteiger partial charge on any atom is 0.261 e. The Morgan fingerprint density at radius 1 is 1.10 bits per heavy atom. The number of hydrogen-bond donors (Lipinski definition) is 1. The first-order valence-corrected chi connectivity index (χ1v) is 12.1. The van der Waals surface area contributed by atoms with E-state index in [1.165, 1.54) is 11.4 Å². The second-order valence-corrected chi connectivity index (χ2v) is 9.45. The van der Waals surface area contributed by atoms with E-state index in [0.717, 1.165) is 29.6 Å². The molecular weight excluding hydrogens is 416 g/mol. The summed E-state index contributed by atoms with van der Waals surface area (Å²) in [5.41, 5.74) is 2.54. The number of carbonyl (C=O) groups is 1. The highest BCUT2D eigenvalue weighted by molar-refractivity contribution is 7.92. The van der Waals surface area contributed by atoms with Gasteiger partial charge in [0.15, 0.2) is 6.10 Å². The van der Waals surface area contributed by atoms with Crippen LogP contribution in [0.3, 0.4) is 0 Å². The van der Waals surface area contributed by atoms with E-state index in [9.17, 15) is 13.2 Å². The molecule has 2 unspecified atom stereocenters. The van der Waals surface area contributed by atoms with Crippen LogP contribution in [0.2, 0.25) is 0 Å². The fourth-order valence-corrected chi connectivity index (χ4v) is 3.72. The van der Waals surface area contributed by atoms with E-state index in [2.05, 4.69) is 5.32 Å². The molecular formula is C23H32N2O5S. The van der Waals surface area contributed by atoms with Gasteiger partial charge in [-0.2, -0.15) is 0 Å². The summed E-state index contributed by atoms with van der Waals surface area (Å²) in [7, 11) is -0.219. The monoisotopic (exact) mass is 448 g/mol. The second kappa shape index (κ2) is 10.5. The van der Waals surface area contributed by atoms with E-state index in [4.69, 9.17) is 9.47 Å². The van der Waals surface area contributed by atoms with Crippen LogP contribution >= 0.6 is 0 Å². The molecule has 2 aromatic carbocycles. The molecule has 0 bridgehead atoms. The van der Waals surface area contributed by atoms with Crippen molar-refractivity contribution in [3.05, 3.63) is 53.6 Å². The highest BCUT2D eigenvalue weighted by Gasteiger charge is 2.22. The van der Waals surface area contributed by atoms with Crippen LogP contribution in [0, 0.1) is 6.92 Å². The molecule has 0 saturated carbocycles. The van der Waals surface area contributed by atoms with Gasteiger partial charge < -0.3 is 14.8 Å². The highest BCUT2D eigenvalue weighted by atomic mass is 32.2. The Morgan fingerprint density at radius 2 is 1.74 bits per heavy atom. The zero-order valence-corrected chi connectivity index (χ0v) is 19.8. The molecule has 0 aliphatic carbocycles. The van der Waals surface area contributed by atoms with Crippen molar-refractivity contribution in [2.45, 2.75) is 45.8 Å². The van der Waals surface area contributed by atoms with Gasteiger partial charge in [0, 0.05) is 7.05 Å². The van der Waals surface area contributed by atoms with Gasteiger partial charge in [0.1, 0.15) is 11.5 Å². The number of carbonyl (C=O) groups excluding carboxylic acids is 1. The number of ether oxygens (including phenoxy) is 2. The number of nitrogens with one attached hydrogen (secondary N) is 1. The van der Waals surface area contributed by atoms with E-state index in [1.807, 2.05) is 39.0 Å². The van der Waals surface area contributed by atoms with Gasteiger partial charge in [-0.1, -0.05) is 26.0 Å². The van der Waals surface area contributed by atoms with Crippen molar-refractivity contribution >= 4 is 21.6 Å². The van der Waals surface area contributed by atoms with Gasteiger partial charge in [0.25, 0.3) is 5.91 Å². The van der Waals surface area contributed by atoms with Crippen molar-refractivity contribution in [1.82, 2.24) is 5.32 Å². The first-order chi connectivity index (χ1) is 14.6. The molecule has 31 heavy (non-hydrogen) atoms. The Hall–Kier alpha value is -2.74. The number of nitrogens with zero attached hydrogens (tertiary/aromatic N) is 1. The Bertz CT molecular complexity index is 990. The molecule has 0 aliphatic rings. The minimum absolute atomic E-state index is 0.138. The molecule has 0 fully saturated rings. The predicted octanol–water partition coefficient (Wildman–Crippen LogP) is 3.82. The average Bonchev–Trinajstić information content (AvgIpc) is 2.74. The molecule has 8 heteroatoms. The van der Waals surface area contributed by atoms with Crippen molar-refractivity contribution in [2.75, 3.05) is 24.7 Å². The molecule has 7 nitrogen and oxygen atoms in total. The topological polar surface area (TPSA) is 84.9 Å². The van der Waals surface area contributed by atoms with E-state index >= 15 is 0 Å². The van der Waals surface area contributed by atoms with Crippen LogP contribution in [-0.2, 0) is 14.8 Å². The lowest BCUT2D eigenvalue weighted by molar-refractivity contribution is -0.128. The molecule has 2 atom stereocenters. The lowest BCUT2D eigenvalue weighted by Gasteiger charge is -2.23. The predicted molar refractivity (Wildman–Crippen MR) is 123 cm³/mol. The molecule has 0 aromatic heterocycles. The van der Waals surface area contributed by atoms with Crippen molar-refractivity contribution in [2.24, 2.45) is 0 Å². The smallest absolute Gasteiger partial charge is 0.261 e. The van der Waals surface area contributed by atoms with Gasteiger partial charge in [0.05, 0.1) is 25.1 Å². The minimum Gasteiger partial charge on any atom is -0.496 e. The number of sulfonamides is 1. The number of methoxy groups -OCH3 is 1. The van der Waals surface area contributed by atoms with E-state index < -0.39 is 16.1 Å². The molecule has 0 saturated heterocycles. The fraction of sp³-hybridized carbons (Fsp3) is 0.435. The van der Waals surface area contributed by atoms with E-state index in [-0.39, 0.29) is 11.9 Å². The first kappa shape index (κ1) is 24.5. The van der Waals surface area contributed by atoms with Crippen molar-refractivity contribution < 1.29 is 22.7 Å². The molecule has 1 amide bonds. The number of amides is 1. The van der Waals surface area contributed by atoms with Gasteiger partial charge in [-0.3, -0.25) is 9.10 Å². The first-order valence-electron chi connectivity index (χ1n) is 10.3. The van der Waals surface area contributed by atoms with Gasteiger partial charge in [-0.25, -0.2) is 8.42 Å². The largest absolute Gasteiger partial charge is 0.496 e. The molecule has 0 heterocycles. The van der Waals surface area contributed by atoms with Crippen LogP contribution < -0.4 is 19.1 Å². The molecule has 170 valence electrons. The summed E-state index contributed by atoms with van der Waals surface area (Å²) in [5.74, 6) is 1.12. The third-order valence-electron chi connectivity index (χ3n) is 5.19. The van der Waals surface area contributed by atoms with Gasteiger partial charge >= 0.3 is 0 Å². The third-order valence-corrected chi connectivity index (χ3v) is 6.39. The zero-order valence-electron chi connectivity index (χ0n) is 19.0. The quantitative estimate of drug-likeness (QED) is 0.597. The second-order valence-electron chi connectivity index (χ2n) is 7.44. The van der Waals surface area contributed by atoms with Gasteiger partial charge in [-0.05, 0) is 61.2 Å². The highest BCUT2D eigenvalue weighted by Crippen LogP contribution is 2.25. The van der Waals surface area contributed by atoms with Crippen LogP contribution in [-0.4, -0.2) is 40.8 Å². The van der Waals surface area contributed by atoms with E-state index in [0.29, 0.717) is 17.9 Å². The van der Waals surface area contributed by atoms with Crippen LogP contribution in [0.15, 0.2) is 42.5 Å². The lowest BCUT2D eigenvalue weighted by atomic mass is 10.0. The van der Waals surface area contributed by atoms with Crippen molar-refractivity contribution in [1.29, 1.82) is 0 Å². The number of rotatable bonds is 10. The normalized spacial score (nSPS) is 13.2. The number of aryl methyl sites for hydroxylation is 1. The van der Waals surface area contributed by atoms with Gasteiger partial charge in [-0.15, -0.1) is 0 Å². The summed E-state index contributed by atoms with van der Waals surface area (Å²) >= 11 is 0. The SMILES string of the molecule is CCC(Oc1ccc(N(C)S(C)(=O)=O)cc1)C(=O)NC(CC)c1ccc(OC)c(C)c1. The molecule has 0 spiro atoms. The number of benzene rings is 2. The summed E-state index contributed by atoms with van der Waals surface area (Å²) < 4.78 is 35.7. The summed E-state index contributed by atoms with van der Waals surface area (Å²) in [4.78, 5) is 12.9. The van der Waals surface area contributed by atoms with E-state index in [1.54, 1.807) is 31.4 Å². The summed E-state index contributed by atoms with van der Waals surface area (Å²) in [6.07, 6.45) is 1.71. The molecule has 2 rings (SSSR count). The average molecular weight is 449 g/mol. The summed E-state index contributed by atoms with van der Waals surface area (Å²) in [6.45, 7) is 5.87. The van der Waals surface area contributed by atoms with Crippen LogP contribution in [0.1, 0.15) is 43.9 Å². The Morgan fingerprint density at radius 3 is 2.23 bits per heavy atom. The maximum absolute atomic E-state index is 12.9. The standard InChI is InChI=1S/C23H32N2O5S/c1-7-20(17-9-14-22(29-5)16(3)15-17)24-23(26)21(8-2)30-19-12-10-18(11-13-19)25(4)31(6,27)28/h9-15,20-21H,7-8H2,1-6H3,(H,24,26). The maximum atomic E-state index is 12.9. The number of hydrogen-bond acceptors (Lipinski definition) is 5.